The van der Waals surface area contributed by atoms with E-state index in [1.165, 1.54) is 43.8 Å². The van der Waals surface area contributed by atoms with Gasteiger partial charge in [-0.15, -0.1) is 0 Å². The van der Waals surface area contributed by atoms with Crippen LogP contribution in [0.4, 0.5) is 0 Å². The molecule has 0 bridgehead atoms. The first kappa shape index (κ1) is 38.4. The molecule has 0 aliphatic heterocycles. The lowest BCUT2D eigenvalue weighted by Gasteiger charge is -2.21. The molecule has 320 valence electrons. The van der Waals surface area contributed by atoms with Crippen molar-refractivity contribution in [3.63, 3.8) is 0 Å². The molecule has 14 rings (SSSR count). The van der Waals surface area contributed by atoms with Gasteiger partial charge in [-0.25, -0.2) is 15.0 Å². The fourth-order valence-electron chi connectivity index (χ4n) is 11.0. The Morgan fingerprint density at radius 2 is 0.853 bits per heavy atom. The molecule has 0 unspecified atom stereocenters. The lowest BCUT2D eigenvalue weighted by molar-refractivity contribution is 0.631. The number of aromatic nitrogens is 5. The van der Waals surface area contributed by atoms with Crippen LogP contribution < -0.4 is 0 Å². The smallest absolute Gasteiger partial charge is 0.164 e. The van der Waals surface area contributed by atoms with Crippen LogP contribution in [0.1, 0.15) is 25.0 Å². The number of hydrogen-bond donors (Lipinski definition) is 0. The minimum absolute atomic E-state index is 0.193. The Balaban J connectivity index is 1.04. The lowest BCUT2D eigenvalue weighted by Crippen LogP contribution is -2.14. The normalized spacial score (nSPS) is 13.0. The highest BCUT2D eigenvalue weighted by atomic mass is 16.3. The second-order valence-electron chi connectivity index (χ2n) is 18.4. The van der Waals surface area contributed by atoms with Gasteiger partial charge in [-0.2, -0.15) is 0 Å². The summed E-state index contributed by atoms with van der Waals surface area (Å²) in [6, 6.07) is 75.4. The predicted octanol–water partition coefficient (Wildman–Crippen LogP) is 15.8. The van der Waals surface area contributed by atoms with Gasteiger partial charge in [0.1, 0.15) is 11.3 Å². The zero-order chi connectivity index (χ0) is 45.1. The van der Waals surface area contributed by atoms with E-state index in [4.69, 9.17) is 19.4 Å². The molecule has 4 aromatic heterocycles. The second kappa shape index (κ2) is 14.6. The molecule has 0 amide bonds. The minimum Gasteiger partial charge on any atom is -0.456 e. The quantitative estimate of drug-likeness (QED) is 0.167. The number of benzene rings is 9. The third-order valence-corrected chi connectivity index (χ3v) is 14.2. The third-order valence-electron chi connectivity index (χ3n) is 14.2. The van der Waals surface area contributed by atoms with Crippen LogP contribution in [0.25, 0.3) is 123 Å². The summed E-state index contributed by atoms with van der Waals surface area (Å²) >= 11 is 0. The predicted molar refractivity (Wildman–Crippen MR) is 278 cm³/mol. The number of furan rings is 1. The maximum absolute atomic E-state index is 6.29. The van der Waals surface area contributed by atoms with Crippen LogP contribution in [-0.2, 0) is 5.41 Å². The van der Waals surface area contributed by atoms with Crippen LogP contribution >= 0.6 is 0 Å². The topological polar surface area (TPSA) is 61.7 Å². The number of para-hydroxylation sites is 5. The first-order valence-electron chi connectivity index (χ1n) is 23.2. The van der Waals surface area contributed by atoms with Crippen molar-refractivity contribution in [1.29, 1.82) is 0 Å². The molecule has 1 aliphatic rings. The van der Waals surface area contributed by atoms with Crippen LogP contribution in [0.3, 0.4) is 0 Å². The molecule has 0 N–H and O–H groups in total. The summed E-state index contributed by atoms with van der Waals surface area (Å²) in [5.74, 6) is 2.61. The average Bonchev–Trinajstić information content (AvgIpc) is 4.14. The van der Waals surface area contributed by atoms with Gasteiger partial charge in [0.05, 0.1) is 22.1 Å². The summed E-state index contributed by atoms with van der Waals surface area (Å²) < 4.78 is 11.1. The number of nitrogens with zero attached hydrogens (tertiary/aromatic N) is 5. The van der Waals surface area contributed by atoms with E-state index < -0.39 is 0 Å². The first-order valence-corrected chi connectivity index (χ1v) is 23.2. The van der Waals surface area contributed by atoms with Crippen molar-refractivity contribution in [3.8, 4) is 68.0 Å². The van der Waals surface area contributed by atoms with Gasteiger partial charge in [-0.1, -0.05) is 172 Å². The maximum Gasteiger partial charge on any atom is 0.164 e. The first-order chi connectivity index (χ1) is 33.5. The lowest BCUT2D eigenvalue weighted by atomic mass is 9.82. The molecular formula is C62H41N5O. The molecule has 0 atom stereocenters. The van der Waals surface area contributed by atoms with Crippen LogP contribution in [0.5, 0.6) is 0 Å². The fraction of sp³-hybridized carbons (Fsp3) is 0.0484. The number of fused-ring (bicyclic) bond motifs is 10. The van der Waals surface area contributed by atoms with Gasteiger partial charge in [0, 0.05) is 66.0 Å². The monoisotopic (exact) mass is 871 g/mol. The average molecular weight is 872 g/mol. The number of rotatable bonds is 6. The zero-order valence-corrected chi connectivity index (χ0v) is 37.4. The van der Waals surface area contributed by atoms with Crippen molar-refractivity contribution in [1.82, 2.24) is 24.1 Å². The molecule has 1 aliphatic carbocycles. The van der Waals surface area contributed by atoms with Crippen molar-refractivity contribution >= 4 is 54.6 Å². The summed E-state index contributed by atoms with van der Waals surface area (Å²) in [6.45, 7) is 4.62. The minimum atomic E-state index is -0.193. The van der Waals surface area contributed by atoms with Crippen molar-refractivity contribution in [2.75, 3.05) is 0 Å². The van der Waals surface area contributed by atoms with E-state index in [0.29, 0.717) is 17.5 Å². The van der Waals surface area contributed by atoms with Gasteiger partial charge in [-0.3, -0.25) is 0 Å². The van der Waals surface area contributed by atoms with E-state index in [0.717, 1.165) is 72.4 Å². The molecular weight excluding hydrogens is 831 g/mol. The molecule has 0 saturated heterocycles. The summed E-state index contributed by atoms with van der Waals surface area (Å²) in [7, 11) is 0. The molecule has 6 nitrogen and oxygen atoms in total. The van der Waals surface area contributed by atoms with Crippen molar-refractivity contribution in [3.05, 3.63) is 223 Å². The van der Waals surface area contributed by atoms with Gasteiger partial charge in [0.15, 0.2) is 17.5 Å². The molecule has 0 saturated carbocycles. The van der Waals surface area contributed by atoms with Gasteiger partial charge in [0.25, 0.3) is 0 Å². The van der Waals surface area contributed by atoms with Crippen LogP contribution in [-0.4, -0.2) is 24.1 Å². The van der Waals surface area contributed by atoms with E-state index >= 15 is 0 Å². The highest BCUT2D eigenvalue weighted by molar-refractivity contribution is 6.11. The summed E-state index contributed by atoms with van der Waals surface area (Å²) in [6.07, 6.45) is 0. The van der Waals surface area contributed by atoms with E-state index in [9.17, 15) is 0 Å². The highest BCUT2D eigenvalue weighted by Crippen LogP contribution is 2.52. The zero-order valence-electron chi connectivity index (χ0n) is 37.4. The van der Waals surface area contributed by atoms with Crippen LogP contribution in [0, 0.1) is 0 Å². The Labute approximate surface area is 392 Å². The summed E-state index contributed by atoms with van der Waals surface area (Å²) in [5.41, 5.74) is 15.8. The summed E-state index contributed by atoms with van der Waals surface area (Å²) in [5, 5.41) is 5.86. The van der Waals surface area contributed by atoms with E-state index in [2.05, 4.69) is 217 Å². The molecule has 0 fully saturated rings. The standard InChI is InChI=1S/C62H41N5O/c1-62(2)50-23-9-4-21-48(50)58-49(22-15-24-51(58)62)61-64-59(39-32-30-38(31-33-39)57-36-40-16-3-14-29-56(40)68-57)63-60(65-61)41-34-42(66-52-25-10-5-17-44(52)45-18-6-11-26-53(45)66)37-43(35-41)67-54-27-12-7-19-46(54)47-20-8-13-28-55(47)67/h3-37H,1-2H3. The maximum atomic E-state index is 6.29. The fourth-order valence-corrected chi connectivity index (χ4v) is 11.0. The molecule has 0 spiro atoms. The Bertz CT molecular complexity index is 3920. The third kappa shape index (κ3) is 5.74. The van der Waals surface area contributed by atoms with Gasteiger partial charge in [-0.05, 0) is 76.9 Å². The SMILES string of the molecule is CC1(C)c2ccccc2-c2c(-c3nc(-c4ccc(-c5cc6ccccc6o5)cc4)nc(-c4cc(-n5c6ccccc6c6ccccc65)cc(-n5c6ccccc6c6ccccc65)c4)n3)cccc21. The van der Waals surface area contributed by atoms with Crippen molar-refractivity contribution < 1.29 is 4.42 Å². The van der Waals surface area contributed by atoms with Gasteiger partial charge in [0.2, 0.25) is 0 Å². The Morgan fingerprint density at radius 3 is 1.46 bits per heavy atom. The van der Waals surface area contributed by atoms with Gasteiger partial charge >= 0.3 is 0 Å². The molecule has 13 aromatic rings. The van der Waals surface area contributed by atoms with Crippen LogP contribution in [0.2, 0.25) is 0 Å². The van der Waals surface area contributed by atoms with E-state index in [1.807, 2.05) is 18.2 Å². The summed E-state index contributed by atoms with van der Waals surface area (Å²) in [4.78, 5) is 16.3. The Kier molecular flexibility index (Phi) is 8.23. The van der Waals surface area contributed by atoms with Crippen LogP contribution in [0.15, 0.2) is 217 Å². The Hall–Kier alpha value is -8.87. The van der Waals surface area contributed by atoms with Gasteiger partial charge < -0.3 is 13.6 Å². The van der Waals surface area contributed by atoms with E-state index in [-0.39, 0.29) is 5.41 Å². The highest BCUT2D eigenvalue weighted by Gasteiger charge is 2.37. The Morgan fingerprint density at radius 1 is 0.382 bits per heavy atom. The molecule has 6 heteroatoms. The molecule has 68 heavy (non-hydrogen) atoms. The van der Waals surface area contributed by atoms with Crippen molar-refractivity contribution in [2.24, 2.45) is 0 Å². The number of hydrogen-bond acceptors (Lipinski definition) is 4. The largest absolute Gasteiger partial charge is 0.456 e. The van der Waals surface area contributed by atoms with Crippen molar-refractivity contribution in [2.45, 2.75) is 19.3 Å². The van der Waals surface area contributed by atoms with E-state index in [1.54, 1.807) is 0 Å². The molecule has 9 aromatic carbocycles. The molecule has 0 radical (unpaired) electrons. The molecule has 4 heterocycles. The second-order valence-corrected chi connectivity index (χ2v) is 18.4.